The Hall–Kier alpha value is -0.570. The molecule has 0 unspecified atom stereocenters. The normalized spacial score (nSPS) is 23.8. The molecule has 1 aliphatic carbocycles. The van der Waals surface area contributed by atoms with E-state index in [2.05, 4.69) is 0 Å². The zero-order chi connectivity index (χ0) is 7.72. The second-order valence-electron chi connectivity index (χ2n) is 3.06. The molecule has 1 aliphatic rings. The largest absolute Gasteiger partial charge is 0.480 e. The van der Waals surface area contributed by atoms with Crippen LogP contribution < -0.4 is 5.73 Å². The van der Waals surface area contributed by atoms with Gasteiger partial charge in [-0.3, -0.25) is 4.79 Å². The van der Waals surface area contributed by atoms with Crippen molar-refractivity contribution in [2.24, 2.45) is 17.6 Å². The average Bonchev–Trinajstić information content (AvgIpc) is 2.65. The fourth-order valence-electron chi connectivity index (χ4n) is 1.14. The van der Waals surface area contributed by atoms with Crippen molar-refractivity contribution >= 4 is 5.97 Å². The first-order valence-corrected chi connectivity index (χ1v) is 3.61. The molecule has 0 amide bonds. The van der Waals surface area contributed by atoms with Crippen LogP contribution in [0.15, 0.2) is 0 Å². The first kappa shape index (κ1) is 7.54. The number of hydrogen-bond donors (Lipinski definition) is 2. The van der Waals surface area contributed by atoms with E-state index in [0.29, 0.717) is 5.92 Å². The minimum Gasteiger partial charge on any atom is -0.480 e. The predicted molar refractivity (Wildman–Crippen MR) is 37.5 cm³/mol. The summed E-state index contributed by atoms with van der Waals surface area (Å²) in [6.07, 6.45) is 2.31. The van der Waals surface area contributed by atoms with Gasteiger partial charge in [-0.05, 0) is 24.7 Å². The van der Waals surface area contributed by atoms with E-state index in [1.807, 2.05) is 6.92 Å². The van der Waals surface area contributed by atoms with Crippen molar-refractivity contribution < 1.29 is 9.90 Å². The van der Waals surface area contributed by atoms with Crippen LogP contribution in [-0.4, -0.2) is 17.1 Å². The van der Waals surface area contributed by atoms with E-state index in [-0.39, 0.29) is 5.92 Å². The van der Waals surface area contributed by atoms with Gasteiger partial charge in [0.25, 0.3) is 0 Å². The maximum Gasteiger partial charge on any atom is 0.320 e. The van der Waals surface area contributed by atoms with E-state index in [1.165, 1.54) is 0 Å². The number of hydrogen-bond acceptors (Lipinski definition) is 2. The Bertz CT molecular complexity index is 143. The lowest BCUT2D eigenvalue weighted by molar-refractivity contribution is -0.139. The molecule has 2 atom stereocenters. The van der Waals surface area contributed by atoms with Crippen LogP contribution in [0.3, 0.4) is 0 Å². The van der Waals surface area contributed by atoms with Crippen molar-refractivity contribution in [3.05, 3.63) is 0 Å². The number of nitrogens with two attached hydrogens (primary N) is 1. The molecule has 0 heterocycles. The Morgan fingerprint density at radius 3 is 2.50 bits per heavy atom. The minimum absolute atomic E-state index is 0.150. The number of carboxylic acid groups (broad SMARTS) is 1. The van der Waals surface area contributed by atoms with Crippen LogP contribution in [-0.2, 0) is 4.79 Å². The third-order valence-corrected chi connectivity index (χ3v) is 2.22. The lowest BCUT2D eigenvalue weighted by Crippen LogP contribution is -2.37. The van der Waals surface area contributed by atoms with Crippen molar-refractivity contribution in [3.63, 3.8) is 0 Å². The average molecular weight is 143 g/mol. The van der Waals surface area contributed by atoms with Gasteiger partial charge in [-0.15, -0.1) is 0 Å². The molecule has 58 valence electrons. The Balaban J connectivity index is 2.38. The van der Waals surface area contributed by atoms with Gasteiger partial charge in [-0.1, -0.05) is 6.92 Å². The molecule has 0 aliphatic heterocycles. The highest BCUT2D eigenvalue weighted by Crippen LogP contribution is 2.37. The van der Waals surface area contributed by atoms with Gasteiger partial charge < -0.3 is 10.8 Å². The van der Waals surface area contributed by atoms with Crippen molar-refractivity contribution in [1.82, 2.24) is 0 Å². The van der Waals surface area contributed by atoms with Crippen LogP contribution >= 0.6 is 0 Å². The summed E-state index contributed by atoms with van der Waals surface area (Å²) in [6.45, 7) is 1.91. The van der Waals surface area contributed by atoms with Gasteiger partial charge in [0.15, 0.2) is 0 Å². The Morgan fingerprint density at radius 1 is 1.70 bits per heavy atom. The van der Waals surface area contributed by atoms with Crippen molar-refractivity contribution in [1.29, 1.82) is 0 Å². The smallest absolute Gasteiger partial charge is 0.320 e. The van der Waals surface area contributed by atoms with Crippen molar-refractivity contribution in [3.8, 4) is 0 Å². The predicted octanol–water partition coefficient (Wildman–Crippen LogP) is 0.444. The second-order valence-corrected chi connectivity index (χ2v) is 3.06. The highest BCUT2D eigenvalue weighted by molar-refractivity contribution is 5.73. The number of aliphatic carboxylic acids is 1. The van der Waals surface area contributed by atoms with Crippen LogP contribution in [0.2, 0.25) is 0 Å². The van der Waals surface area contributed by atoms with Crippen LogP contribution in [0, 0.1) is 11.8 Å². The van der Waals surface area contributed by atoms with Crippen LogP contribution in [0.4, 0.5) is 0 Å². The summed E-state index contributed by atoms with van der Waals surface area (Å²) < 4.78 is 0. The molecule has 0 spiro atoms. The Kier molecular flexibility index (Phi) is 1.94. The van der Waals surface area contributed by atoms with Crippen LogP contribution in [0.5, 0.6) is 0 Å². The molecular formula is C7H13NO2. The SMILES string of the molecule is C[C@H](C1CC1)[C@@H](N)C(=O)O. The topological polar surface area (TPSA) is 63.3 Å². The summed E-state index contributed by atoms with van der Waals surface area (Å²) in [6, 6.07) is -0.660. The fourth-order valence-corrected chi connectivity index (χ4v) is 1.14. The lowest BCUT2D eigenvalue weighted by Gasteiger charge is -2.13. The highest BCUT2D eigenvalue weighted by atomic mass is 16.4. The Labute approximate surface area is 60.2 Å². The molecule has 1 saturated carbocycles. The first-order valence-electron chi connectivity index (χ1n) is 3.61. The fraction of sp³-hybridized carbons (Fsp3) is 0.857. The summed E-state index contributed by atoms with van der Waals surface area (Å²) in [7, 11) is 0. The van der Waals surface area contributed by atoms with Crippen LogP contribution in [0.25, 0.3) is 0 Å². The van der Waals surface area contributed by atoms with Crippen molar-refractivity contribution in [2.75, 3.05) is 0 Å². The van der Waals surface area contributed by atoms with Crippen molar-refractivity contribution in [2.45, 2.75) is 25.8 Å². The Morgan fingerprint density at radius 2 is 2.20 bits per heavy atom. The van der Waals surface area contributed by atoms with Gasteiger partial charge >= 0.3 is 5.97 Å². The lowest BCUT2D eigenvalue weighted by atomic mass is 9.98. The number of rotatable bonds is 3. The molecule has 1 rings (SSSR count). The van der Waals surface area contributed by atoms with Gasteiger partial charge in [0.05, 0.1) is 0 Å². The van der Waals surface area contributed by atoms with Gasteiger partial charge in [0, 0.05) is 0 Å². The summed E-state index contributed by atoms with van der Waals surface area (Å²) >= 11 is 0. The van der Waals surface area contributed by atoms with Crippen LogP contribution in [0.1, 0.15) is 19.8 Å². The molecule has 0 aromatic rings. The first-order chi connectivity index (χ1) is 4.63. The molecule has 0 radical (unpaired) electrons. The highest BCUT2D eigenvalue weighted by Gasteiger charge is 2.34. The maximum absolute atomic E-state index is 10.3. The molecule has 0 aromatic heterocycles. The molecular weight excluding hydrogens is 130 g/mol. The molecule has 1 fully saturated rings. The minimum atomic E-state index is -0.876. The molecule has 3 nitrogen and oxygen atoms in total. The summed E-state index contributed by atoms with van der Waals surface area (Å²) in [5.74, 6) is -0.150. The quantitative estimate of drug-likeness (QED) is 0.602. The second kappa shape index (κ2) is 2.58. The third-order valence-electron chi connectivity index (χ3n) is 2.22. The van der Waals surface area contributed by atoms with E-state index in [0.717, 1.165) is 12.8 Å². The van der Waals surface area contributed by atoms with Gasteiger partial charge in [-0.25, -0.2) is 0 Å². The van der Waals surface area contributed by atoms with E-state index in [9.17, 15) is 4.79 Å². The molecule has 3 heteroatoms. The summed E-state index contributed by atoms with van der Waals surface area (Å²) in [5, 5.41) is 8.50. The maximum atomic E-state index is 10.3. The monoisotopic (exact) mass is 143 g/mol. The zero-order valence-corrected chi connectivity index (χ0v) is 6.08. The molecule has 10 heavy (non-hydrogen) atoms. The van der Waals surface area contributed by atoms with Gasteiger partial charge in [0.2, 0.25) is 0 Å². The van der Waals surface area contributed by atoms with Gasteiger partial charge in [0.1, 0.15) is 6.04 Å². The third kappa shape index (κ3) is 1.48. The number of carbonyl (C=O) groups is 1. The van der Waals surface area contributed by atoms with E-state index < -0.39 is 12.0 Å². The van der Waals surface area contributed by atoms with E-state index >= 15 is 0 Å². The molecule has 0 bridgehead atoms. The standard InChI is InChI=1S/C7H13NO2/c1-4(5-2-3-5)6(8)7(9)10/h4-6H,2-3,8H2,1H3,(H,9,10)/t4-,6-/m1/s1. The molecule has 0 saturated heterocycles. The summed E-state index contributed by atoms with van der Waals surface area (Å²) in [5.41, 5.74) is 5.40. The van der Waals surface area contributed by atoms with Gasteiger partial charge in [-0.2, -0.15) is 0 Å². The molecule has 0 aromatic carbocycles. The van der Waals surface area contributed by atoms with E-state index in [1.54, 1.807) is 0 Å². The number of carboxylic acids is 1. The summed E-state index contributed by atoms with van der Waals surface area (Å²) in [4.78, 5) is 10.3. The zero-order valence-electron chi connectivity index (χ0n) is 6.08. The molecule has 3 N–H and O–H groups in total. The van der Waals surface area contributed by atoms with E-state index in [4.69, 9.17) is 10.8 Å².